The van der Waals surface area contributed by atoms with E-state index in [-0.39, 0.29) is 29.9 Å². The van der Waals surface area contributed by atoms with Crippen LogP contribution < -0.4 is 15.6 Å². The third-order valence-corrected chi connectivity index (χ3v) is 7.16. The molecular formula is C22H28N4O4S. The molecule has 2 aromatic heterocycles. The van der Waals surface area contributed by atoms with Gasteiger partial charge in [0.15, 0.2) is 5.76 Å². The van der Waals surface area contributed by atoms with Crippen molar-refractivity contribution in [2.24, 2.45) is 0 Å². The summed E-state index contributed by atoms with van der Waals surface area (Å²) in [5, 5.41) is 13.6. The topological polar surface area (TPSA) is 109 Å². The summed E-state index contributed by atoms with van der Waals surface area (Å²) in [6.07, 6.45) is 6.68. The van der Waals surface area contributed by atoms with Crippen LogP contribution >= 0.6 is 11.8 Å². The number of piperidine rings is 1. The van der Waals surface area contributed by atoms with Crippen LogP contribution in [0.15, 0.2) is 33.7 Å². The Bertz CT molecular complexity index is 967. The highest BCUT2D eigenvalue weighted by Crippen LogP contribution is 2.44. The number of aromatic hydroxyl groups is 1. The first-order chi connectivity index (χ1) is 15.0. The maximum atomic E-state index is 13.0. The molecule has 2 aliphatic rings. The van der Waals surface area contributed by atoms with Gasteiger partial charge < -0.3 is 19.7 Å². The first-order valence-electron chi connectivity index (χ1n) is 10.7. The zero-order valence-electron chi connectivity index (χ0n) is 17.7. The van der Waals surface area contributed by atoms with Gasteiger partial charge in [0.1, 0.15) is 5.76 Å². The zero-order valence-corrected chi connectivity index (χ0v) is 18.5. The van der Waals surface area contributed by atoms with Gasteiger partial charge >= 0.3 is 0 Å². The Morgan fingerprint density at radius 1 is 1.29 bits per heavy atom. The number of hydrogen-bond acceptors (Lipinski definition) is 8. The maximum absolute atomic E-state index is 13.0. The van der Waals surface area contributed by atoms with Gasteiger partial charge in [-0.25, -0.2) is 9.97 Å². The molecule has 0 bridgehead atoms. The van der Waals surface area contributed by atoms with Crippen LogP contribution in [0.5, 0.6) is 5.75 Å². The quantitative estimate of drug-likeness (QED) is 0.724. The van der Waals surface area contributed by atoms with Crippen LogP contribution in [0.25, 0.3) is 0 Å². The third kappa shape index (κ3) is 4.87. The van der Waals surface area contributed by atoms with Crippen molar-refractivity contribution in [3.63, 3.8) is 0 Å². The van der Waals surface area contributed by atoms with Crippen LogP contribution in [-0.2, 0) is 10.2 Å². The van der Waals surface area contributed by atoms with Crippen molar-refractivity contribution in [3.8, 4) is 5.75 Å². The Morgan fingerprint density at radius 2 is 1.97 bits per heavy atom. The molecule has 4 heterocycles. The molecule has 2 aromatic rings. The second-order valence-electron chi connectivity index (χ2n) is 8.35. The minimum Gasteiger partial charge on any atom is -0.502 e. The van der Waals surface area contributed by atoms with Gasteiger partial charge in [0.05, 0.1) is 0 Å². The average Bonchev–Trinajstić information content (AvgIpc) is 2.78. The smallest absolute Gasteiger partial charge is 0.227 e. The third-order valence-electron chi connectivity index (χ3n) is 6.17. The molecule has 0 aliphatic carbocycles. The van der Waals surface area contributed by atoms with Crippen molar-refractivity contribution in [2.45, 2.75) is 50.5 Å². The van der Waals surface area contributed by atoms with E-state index in [4.69, 9.17) is 4.42 Å². The Hall–Kier alpha value is -2.55. The number of thioether (sulfide) groups is 1. The fourth-order valence-corrected chi connectivity index (χ4v) is 5.75. The first kappa shape index (κ1) is 21.7. The van der Waals surface area contributed by atoms with Gasteiger partial charge in [-0.2, -0.15) is 11.8 Å². The maximum Gasteiger partial charge on any atom is 0.227 e. The van der Waals surface area contributed by atoms with Gasteiger partial charge in [-0.05, 0) is 50.2 Å². The molecule has 2 N–H and O–H groups in total. The lowest BCUT2D eigenvalue weighted by Crippen LogP contribution is -2.47. The molecule has 31 heavy (non-hydrogen) atoms. The summed E-state index contributed by atoms with van der Waals surface area (Å²) in [5.74, 6) is 2.73. The summed E-state index contributed by atoms with van der Waals surface area (Å²) in [4.78, 5) is 35.9. The second kappa shape index (κ2) is 9.30. The molecule has 9 heteroatoms. The molecule has 8 nitrogen and oxygen atoms in total. The Kier molecular flexibility index (Phi) is 6.50. The van der Waals surface area contributed by atoms with Crippen LogP contribution in [0.4, 0.5) is 5.95 Å². The largest absolute Gasteiger partial charge is 0.502 e. The molecule has 0 atom stereocenters. The van der Waals surface area contributed by atoms with E-state index in [1.165, 1.54) is 6.07 Å². The SMILES string of the molecule is Cc1cc(=O)c(O)c(C2(CC(=O)NC3CCN(c4ncccn4)CC3)CCSCC2)o1. The monoisotopic (exact) mass is 444 g/mol. The van der Waals surface area contributed by atoms with Crippen molar-refractivity contribution in [3.05, 3.63) is 46.3 Å². The number of amides is 1. The van der Waals surface area contributed by atoms with E-state index >= 15 is 0 Å². The highest BCUT2D eigenvalue weighted by molar-refractivity contribution is 7.99. The van der Waals surface area contributed by atoms with Gasteiger partial charge in [-0.1, -0.05) is 0 Å². The fraction of sp³-hybridized carbons (Fsp3) is 0.545. The number of aromatic nitrogens is 2. The Morgan fingerprint density at radius 3 is 2.65 bits per heavy atom. The van der Waals surface area contributed by atoms with E-state index in [0.29, 0.717) is 18.6 Å². The standard InChI is InChI=1S/C22H28N4O4S/c1-15-13-17(27)19(29)20(30-15)22(5-11-31-12-6-22)14-18(28)25-16-3-9-26(10-4-16)21-23-7-2-8-24-21/h2,7-8,13,16,29H,3-6,9-12,14H2,1H3,(H,25,28). The molecule has 0 unspecified atom stereocenters. The lowest BCUT2D eigenvalue weighted by atomic mass is 9.75. The molecule has 0 saturated carbocycles. The van der Waals surface area contributed by atoms with E-state index in [0.717, 1.165) is 43.4 Å². The van der Waals surface area contributed by atoms with Crippen LogP contribution in [0.2, 0.25) is 0 Å². The molecule has 2 fully saturated rings. The molecule has 2 saturated heterocycles. The van der Waals surface area contributed by atoms with Crippen molar-refractivity contribution in [1.29, 1.82) is 0 Å². The van der Waals surface area contributed by atoms with E-state index < -0.39 is 10.8 Å². The fourth-order valence-electron chi connectivity index (χ4n) is 4.47. The summed E-state index contributed by atoms with van der Waals surface area (Å²) in [6, 6.07) is 3.17. The van der Waals surface area contributed by atoms with Crippen LogP contribution in [0.1, 0.15) is 43.6 Å². The highest BCUT2D eigenvalue weighted by Gasteiger charge is 2.42. The normalized spacial score (nSPS) is 19.2. The van der Waals surface area contributed by atoms with Gasteiger partial charge in [-0.15, -0.1) is 0 Å². The highest BCUT2D eigenvalue weighted by atomic mass is 32.2. The van der Waals surface area contributed by atoms with E-state index in [1.807, 2.05) is 11.8 Å². The van der Waals surface area contributed by atoms with Gasteiger partial charge in [0.2, 0.25) is 23.0 Å². The molecule has 0 spiro atoms. The van der Waals surface area contributed by atoms with Crippen molar-refractivity contribution >= 4 is 23.6 Å². The number of hydrogen-bond donors (Lipinski definition) is 2. The molecular weight excluding hydrogens is 416 g/mol. The molecule has 4 rings (SSSR count). The van der Waals surface area contributed by atoms with E-state index in [9.17, 15) is 14.7 Å². The summed E-state index contributed by atoms with van der Waals surface area (Å²) >= 11 is 1.82. The number of nitrogens with zero attached hydrogens (tertiary/aromatic N) is 3. The summed E-state index contributed by atoms with van der Waals surface area (Å²) in [6.45, 7) is 3.26. The summed E-state index contributed by atoms with van der Waals surface area (Å²) < 4.78 is 5.83. The summed E-state index contributed by atoms with van der Waals surface area (Å²) in [7, 11) is 0. The van der Waals surface area contributed by atoms with E-state index in [1.54, 1.807) is 25.4 Å². The lowest BCUT2D eigenvalue weighted by molar-refractivity contribution is -0.123. The minimum atomic E-state index is -0.650. The first-order valence-corrected chi connectivity index (χ1v) is 11.9. The van der Waals surface area contributed by atoms with Gasteiger partial charge in [0, 0.05) is 49.4 Å². The minimum absolute atomic E-state index is 0.0649. The van der Waals surface area contributed by atoms with Crippen molar-refractivity contribution < 1.29 is 14.3 Å². The van der Waals surface area contributed by atoms with Crippen molar-refractivity contribution in [1.82, 2.24) is 15.3 Å². The van der Waals surface area contributed by atoms with Crippen molar-refractivity contribution in [2.75, 3.05) is 29.5 Å². The average molecular weight is 445 g/mol. The van der Waals surface area contributed by atoms with Gasteiger partial charge in [0.25, 0.3) is 0 Å². The molecule has 166 valence electrons. The van der Waals surface area contributed by atoms with E-state index in [2.05, 4.69) is 20.2 Å². The molecule has 2 aliphatic heterocycles. The Balaban J connectivity index is 1.43. The zero-order chi connectivity index (χ0) is 21.8. The number of rotatable bonds is 5. The number of carbonyl (C=O) groups is 1. The summed E-state index contributed by atoms with van der Waals surface area (Å²) in [5.41, 5.74) is -1.10. The predicted octanol–water partition coefficient (Wildman–Crippen LogP) is 2.38. The van der Waals surface area contributed by atoms with Crippen LogP contribution in [-0.4, -0.2) is 51.6 Å². The van der Waals surface area contributed by atoms with Gasteiger partial charge in [-0.3, -0.25) is 9.59 Å². The lowest BCUT2D eigenvalue weighted by Gasteiger charge is -2.37. The molecule has 1 amide bonds. The molecule has 0 aromatic carbocycles. The Labute approximate surface area is 185 Å². The number of carbonyl (C=O) groups excluding carboxylic acids is 1. The molecule has 0 radical (unpaired) electrons. The number of anilines is 1. The van der Waals surface area contributed by atoms with Crippen LogP contribution in [0.3, 0.4) is 0 Å². The number of nitrogens with one attached hydrogen (secondary N) is 1. The number of aryl methyl sites for hydroxylation is 1. The van der Waals surface area contributed by atoms with Crippen LogP contribution in [0, 0.1) is 6.92 Å². The second-order valence-corrected chi connectivity index (χ2v) is 9.57. The predicted molar refractivity (Wildman–Crippen MR) is 120 cm³/mol.